The predicted octanol–water partition coefficient (Wildman–Crippen LogP) is 3.22. The van der Waals surface area contributed by atoms with E-state index in [9.17, 15) is 4.79 Å². The second-order valence-corrected chi connectivity index (χ2v) is 7.48. The molecule has 130 valence electrons. The Kier molecular flexibility index (Phi) is 4.23. The molecule has 1 aliphatic carbocycles. The van der Waals surface area contributed by atoms with E-state index in [2.05, 4.69) is 25.8 Å². The van der Waals surface area contributed by atoms with E-state index in [1.807, 2.05) is 18.2 Å². The number of hydrogen-bond acceptors (Lipinski definition) is 5. The maximum atomic E-state index is 12.6. The fourth-order valence-corrected chi connectivity index (χ4v) is 4.30. The second kappa shape index (κ2) is 6.40. The van der Waals surface area contributed by atoms with Crippen molar-refractivity contribution in [2.45, 2.75) is 31.7 Å². The van der Waals surface area contributed by atoms with Gasteiger partial charge in [-0.1, -0.05) is 0 Å². The van der Waals surface area contributed by atoms with Crippen LogP contribution in [0.15, 0.2) is 18.2 Å². The lowest BCUT2D eigenvalue weighted by Gasteiger charge is -2.12. The van der Waals surface area contributed by atoms with Gasteiger partial charge in [-0.05, 0) is 31.0 Å². The highest BCUT2D eigenvalue weighted by Gasteiger charge is 2.27. The quantitative estimate of drug-likeness (QED) is 0.656. The van der Waals surface area contributed by atoms with Crippen LogP contribution in [0.2, 0.25) is 0 Å². The Labute approximate surface area is 154 Å². The highest BCUT2D eigenvalue weighted by atomic mass is 35.5. The van der Waals surface area contributed by atoms with Crippen LogP contribution in [0.3, 0.4) is 0 Å². The molecule has 6 nitrogen and oxygen atoms in total. The van der Waals surface area contributed by atoms with Gasteiger partial charge in [-0.3, -0.25) is 9.89 Å². The predicted molar refractivity (Wildman–Crippen MR) is 101 cm³/mol. The van der Waals surface area contributed by atoms with E-state index in [0.29, 0.717) is 18.2 Å². The van der Waals surface area contributed by atoms with Crippen LogP contribution in [-0.2, 0) is 13.0 Å². The van der Waals surface area contributed by atoms with Gasteiger partial charge in [0.1, 0.15) is 0 Å². The van der Waals surface area contributed by atoms with Crippen LogP contribution < -0.4 is 10.6 Å². The van der Waals surface area contributed by atoms with Gasteiger partial charge < -0.3 is 10.6 Å². The van der Waals surface area contributed by atoms with Gasteiger partial charge >= 0.3 is 0 Å². The number of thiazole rings is 1. The molecule has 3 N–H and O–H groups in total. The molecule has 25 heavy (non-hydrogen) atoms. The Morgan fingerprint density at radius 2 is 2.20 bits per heavy atom. The number of rotatable bonds is 3. The van der Waals surface area contributed by atoms with Crippen molar-refractivity contribution in [3.05, 3.63) is 40.2 Å². The van der Waals surface area contributed by atoms with Crippen LogP contribution >= 0.6 is 23.7 Å². The Balaban J connectivity index is 0.00000157. The van der Waals surface area contributed by atoms with Gasteiger partial charge in [0.25, 0.3) is 5.91 Å². The van der Waals surface area contributed by atoms with Crippen LogP contribution in [0, 0.1) is 0 Å². The molecule has 1 saturated carbocycles. The number of anilines is 1. The zero-order valence-electron chi connectivity index (χ0n) is 13.5. The van der Waals surface area contributed by atoms with Gasteiger partial charge in [0.2, 0.25) is 0 Å². The summed E-state index contributed by atoms with van der Waals surface area (Å²) in [6, 6.07) is 5.90. The molecule has 1 aromatic carbocycles. The van der Waals surface area contributed by atoms with Gasteiger partial charge in [-0.25, -0.2) is 4.98 Å². The van der Waals surface area contributed by atoms with E-state index in [4.69, 9.17) is 0 Å². The zero-order chi connectivity index (χ0) is 16.1. The molecule has 3 aromatic rings. The van der Waals surface area contributed by atoms with Crippen LogP contribution in [0.5, 0.6) is 0 Å². The molecule has 1 aliphatic heterocycles. The van der Waals surface area contributed by atoms with E-state index in [1.165, 1.54) is 17.8 Å². The van der Waals surface area contributed by atoms with Crippen LogP contribution in [0.4, 0.5) is 5.69 Å². The summed E-state index contributed by atoms with van der Waals surface area (Å²) in [5, 5.41) is 14.7. The molecule has 0 saturated heterocycles. The number of aromatic amines is 1. The average molecular weight is 376 g/mol. The number of halogens is 1. The smallest absolute Gasteiger partial charge is 0.276 e. The summed E-state index contributed by atoms with van der Waals surface area (Å²) in [5.74, 6) is 0.492. The van der Waals surface area contributed by atoms with E-state index in [1.54, 1.807) is 11.3 Å². The lowest BCUT2D eigenvalue weighted by atomic mass is 10.1. The minimum absolute atomic E-state index is 0. The number of nitrogens with zero attached hydrogens (tertiary/aromatic N) is 2. The molecule has 0 spiro atoms. The molecule has 1 amide bonds. The van der Waals surface area contributed by atoms with Gasteiger partial charge in [0.15, 0.2) is 5.69 Å². The Bertz CT molecular complexity index is 946. The van der Waals surface area contributed by atoms with Crippen molar-refractivity contribution in [1.29, 1.82) is 0 Å². The lowest BCUT2D eigenvalue weighted by molar-refractivity contribution is 0.102. The number of aromatic nitrogens is 3. The second-order valence-electron chi connectivity index (χ2n) is 6.42. The van der Waals surface area contributed by atoms with Gasteiger partial charge in [-0.2, -0.15) is 5.10 Å². The molecule has 0 unspecified atom stereocenters. The average Bonchev–Trinajstić information content (AvgIpc) is 3.21. The van der Waals surface area contributed by atoms with E-state index < -0.39 is 0 Å². The first-order valence-electron chi connectivity index (χ1n) is 8.26. The number of hydrogen-bond donors (Lipinski definition) is 3. The molecule has 1 fully saturated rings. The Morgan fingerprint density at radius 3 is 3.04 bits per heavy atom. The fraction of sp³-hybridized carbons (Fsp3) is 0.353. The summed E-state index contributed by atoms with van der Waals surface area (Å²) in [5.41, 5.74) is 4.33. The molecule has 3 heterocycles. The number of amides is 1. The number of nitrogens with one attached hydrogen (secondary N) is 3. The molecule has 0 atom stereocenters. The molecule has 2 aliphatic rings. The maximum Gasteiger partial charge on any atom is 0.276 e. The molecule has 0 bridgehead atoms. The van der Waals surface area contributed by atoms with E-state index in [-0.39, 0.29) is 18.3 Å². The number of carbonyl (C=O) groups excluding carboxylic acids is 1. The summed E-state index contributed by atoms with van der Waals surface area (Å²) in [7, 11) is 0. The van der Waals surface area contributed by atoms with Crippen LogP contribution in [0.25, 0.3) is 10.2 Å². The standard InChI is InChI=1S/C17H17N5OS.ClH/c23-16(15-11-8-18-6-5-12(11)21-22-15)19-10-3-4-13-14(7-10)24-17(20-13)9-1-2-9;/h3-4,7,9,18H,1-2,5-6,8H2,(H,19,23)(H,21,22);1H. The normalized spacial score (nSPS) is 16.3. The third kappa shape index (κ3) is 3.03. The maximum absolute atomic E-state index is 12.6. The van der Waals surface area contributed by atoms with Crippen molar-refractivity contribution in [2.24, 2.45) is 0 Å². The summed E-state index contributed by atoms with van der Waals surface area (Å²) in [6.07, 6.45) is 3.38. The zero-order valence-corrected chi connectivity index (χ0v) is 15.1. The Hall–Kier alpha value is -1.96. The number of H-pyrrole nitrogens is 1. The van der Waals surface area contributed by atoms with E-state index in [0.717, 1.165) is 40.1 Å². The first kappa shape index (κ1) is 16.5. The minimum Gasteiger partial charge on any atom is -0.321 e. The summed E-state index contributed by atoms with van der Waals surface area (Å²) in [6.45, 7) is 1.61. The number of carbonyl (C=O) groups is 1. The first-order chi connectivity index (χ1) is 11.8. The SMILES string of the molecule is Cl.O=C(Nc1ccc2nc(C3CC3)sc2c1)c1n[nH]c2c1CNCC2. The fourth-order valence-electron chi connectivity index (χ4n) is 3.13. The monoisotopic (exact) mass is 375 g/mol. The molecule has 0 radical (unpaired) electrons. The van der Waals surface area contributed by atoms with Gasteiger partial charge in [-0.15, -0.1) is 23.7 Å². The number of benzene rings is 1. The van der Waals surface area contributed by atoms with Crippen LogP contribution in [0.1, 0.15) is 45.5 Å². The summed E-state index contributed by atoms with van der Waals surface area (Å²) >= 11 is 1.74. The highest BCUT2D eigenvalue weighted by molar-refractivity contribution is 7.18. The number of fused-ring (bicyclic) bond motifs is 2. The molecule has 8 heteroatoms. The molecular formula is C17H18ClN5OS. The molecular weight excluding hydrogens is 358 g/mol. The lowest BCUT2D eigenvalue weighted by Crippen LogP contribution is -2.25. The molecule has 5 rings (SSSR count). The highest BCUT2D eigenvalue weighted by Crippen LogP contribution is 2.43. The van der Waals surface area contributed by atoms with Crippen molar-refractivity contribution in [3.63, 3.8) is 0 Å². The van der Waals surface area contributed by atoms with Crippen molar-refractivity contribution in [2.75, 3.05) is 11.9 Å². The van der Waals surface area contributed by atoms with Crippen molar-refractivity contribution < 1.29 is 4.79 Å². The van der Waals surface area contributed by atoms with Crippen LogP contribution in [-0.4, -0.2) is 27.6 Å². The minimum atomic E-state index is -0.164. The summed E-state index contributed by atoms with van der Waals surface area (Å²) < 4.78 is 1.13. The first-order valence-corrected chi connectivity index (χ1v) is 9.08. The van der Waals surface area contributed by atoms with Gasteiger partial charge in [0.05, 0.1) is 15.2 Å². The topological polar surface area (TPSA) is 82.7 Å². The van der Waals surface area contributed by atoms with Crippen molar-refractivity contribution in [1.82, 2.24) is 20.5 Å². The Morgan fingerprint density at radius 1 is 1.32 bits per heavy atom. The van der Waals surface area contributed by atoms with Crippen molar-refractivity contribution >= 4 is 45.6 Å². The van der Waals surface area contributed by atoms with Crippen molar-refractivity contribution in [3.8, 4) is 0 Å². The third-order valence-electron chi connectivity index (χ3n) is 4.61. The summed E-state index contributed by atoms with van der Waals surface area (Å²) in [4.78, 5) is 17.3. The molecule has 2 aromatic heterocycles. The van der Waals surface area contributed by atoms with E-state index >= 15 is 0 Å². The third-order valence-corrected chi connectivity index (χ3v) is 5.79. The van der Waals surface area contributed by atoms with Gasteiger partial charge in [0, 0.05) is 42.4 Å². The largest absolute Gasteiger partial charge is 0.321 e.